The van der Waals surface area contributed by atoms with Gasteiger partial charge in [-0.25, -0.2) is 4.68 Å². The smallest absolute Gasteiger partial charge is 0.257 e. The summed E-state index contributed by atoms with van der Waals surface area (Å²) in [6.45, 7) is 3.41. The lowest BCUT2D eigenvalue weighted by Gasteiger charge is -2.20. The highest BCUT2D eigenvalue weighted by Crippen LogP contribution is 2.24. The predicted molar refractivity (Wildman–Crippen MR) is 105 cm³/mol. The molecule has 0 aliphatic carbocycles. The first-order valence-corrected chi connectivity index (χ1v) is 9.26. The van der Waals surface area contributed by atoms with Crippen molar-refractivity contribution in [1.29, 1.82) is 0 Å². The molecule has 0 unspecified atom stereocenters. The van der Waals surface area contributed by atoms with E-state index in [1.807, 2.05) is 53.6 Å². The van der Waals surface area contributed by atoms with Crippen LogP contribution in [0.15, 0.2) is 61.1 Å². The molecule has 1 aromatic carbocycles. The van der Waals surface area contributed by atoms with Crippen LogP contribution >= 0.6 is 0 Å². The number of hydrogen-bond donors (Lipinski definition) is 0. The van der Waals surface area contributed by atoms with Crippen molar-refractivity contribution in [3.05, 3.63) is 66.6 Å². The second-order valence-corrected chi connectivity index (χ2v) is 6.86. The molecule has 4 rings (SSSR count). The Morgan fingerprint density at radius 3 is 2.63 bits per heavy atom. The molecule has 0 saturated carbocycles. The summed E-state index contributed by atoms with van der Waals surface area (Å²) in [5.74, 6) is 0.0336. The molecule has 0 radical (unpaired) electrons. The molecule has 3 aromatic rings. The van der Waals surface area contributed by atoms with Crippen molar-refractivity contribution >= 4 is 5.91 Å². The molecule has 1 saturated heterocycles. The number of aromatic nitrogens is 3. The fourth-order valence-electron chi connectivity index (χ4n) is 3.38. The third kappa shape index (κ3) is 3.75. The molecule has 1 aliphatic heterocycles. The van der Waals surface area contributed by atoms with Gasteiger partial charge in [0.25, 0.3) is 5.91 Å². The van der Waals surface area contributed by atoms with Crippen LogP contribution in [-0.4, -0.2) is 63.7 Å². The monoisotopic (exact) mass is 361 g/mol. The number of amides is 1. The third-order valence-corrected chi connectivity index (χ3v) is 4.91. The summed E-state index contributed by atoms with van der Waals surface area (Å²) in [7, 11) is 2.10. The van der Waals surface area contributed by atoms with Gasteiger partial charge in [0.1, 0.15) is 5.69 Å². The number of nitrogens with zero attached hydrogens (tertiary/aromatic N) is 5. The number of rotatable bonds is 3. The summed E-state index contributed by atoms with van der Waals surface area (Å²) >= 11 is 0. The Morgan fingerprint density at radius 1 is 1.00 bits per heavy atom. The quantitative estimate of drug-likeness (QED) is 0.720. The van der Waals surface area contributed by atoms with E-state index in [2.05, 4.69) is 16.9 Å². The molecule has 0 N–H and O–H groups in total. The first-order chi connectivity index (χ1) is 13.2. The van der Waals surface area contributed by atoms with Gasteiger partial charge in [-0.05, 0) is 44.3 Å². The van der Waals surface area contributed by atoms with Gasteiger partial charge in [-0.1, -0.05) is 18.2 Å². The molecule has 1 fully saturated rings. The molecule has 27 heavy (non-hydrogen) atoms. The number of likely N-dealkylation sites (N-methyl/N-ethyl adjacent to an activating group) is 1. The number of para-hydroxylation sites is 1. The van der Waals surface area contributed by atoms with E-state index in [0.717, 1.165) is 43.9 Å². The number of benzene rings is 1. The highest BCUT2D eigenvalue weighted by atomic mass is 16.2. The van der Waals surface area contributed by atoms with Gasteiger partial charge in [0.2, 0.25) is 0 Å². The molecule has 2 aromatic heterocycles. The SMILES string of the molecule is CN1CCCN(C(=O)c2cn(-c3ccccc3)nc2-c2cccnc2)CC1. The molecule has 1 aliphatic rings. The van der Waals surface area contributed by atoms with Crippen LogP contribution in [-0.2, 0) is 0 Å². The maximum Gasteiger partial charge on any atom is 0.257 e. The number of hydrogen-bond acceptors (Lipinski definition) is 4. The molecule has 138 valence electrons. The van der Waals surface area contributed by atoms with Gasteiger partial charge in [-0.3, -0.25) is 9.78 Å². The summed E-state index contributed by atoms with van der Waals surface area (Å²) in [6, 6.07) is 13.7. The summed E-state index contributed by atoms with van der Waals surface area (Å²) in [6.07, 6.45) is 6.31. The summed E-state index contributed by atoms with van der Waals surface area (Å²) in [4.78, 5) is 21.7. The fraction of sp³-hybridized carbons (Fsp3) is 0.286. The van der Waals surface area contributed by atoms with Crippen LogP contribution in [0.2, 0.25) is 0 Å². The minimum atomic E-state index is 0.0336. The van der Waals surface area contributed by atoms with Crippen LogP contribution in [0.25, 0.3) is 16.9 Å². The Balaban J connectivity index is 1.74. The van der Waals surface area contributed by atoms with Crippen molar-refractivity contribution in [2.45, 2.75) is 6.42 Å². The zero-order valence-electron chi connectivity index (χ0n) is 15.5. The van der Waals surface area contributed by atoms with Crippen molar-refractivity contribution in [3.63, 3.8) is 0 Å². The van der Waals surface area contributed by atoms with Gasteiger partial charge in [-0.2, -0.15) is 5.10 Å². The van der Waals surface area contributed by atoms with E-state index in [1.54, 1.807) is 17.1 Å². The maximum atomic E-state index is 13.3. The van der Waals surface area contributed by atoms with Crippen molar-refractivity contribution in [2.75, 3.05) is 33.2 Å². The zero-order chi connectivity index (χ0) is 18.6. The number of carbonyl (C=O) groups is 1. The van der Waals surface area contributed by atoms with Gasteiger partial charge in [0.05, 0.1) is 11.3 Å². The van der Waals surface area contributed by atoms with Gasteiger partial charge in [0.15, 0.2) is 0 Å². The average Bonchev–Trinajstić information content (AvgIpc) is 3.05. The predicted octanol–water partition coefficient (Wildman–Crippen LogP) is 2.71. The standard InChI is InChI=1S/C21H23N5O/c1-24-11-6-12-25(14-13-24)21(27)19-16-26(18-8-3-2-4-9-18)23-20(19)17-7-5-10-22-15-17/h2-5,7-10,15-16H,6,11-14H2,1H3. The van der Waals surface area contributed by atoms with Crippen LogP contribution in [0.3, 0.4) is 0 Å². The molecule has 0 atom stereocenters. The van der Waals surface area contributed by atoms with E-state index >= 15 is 0 Å². The van der Waals surface area contributed by atoms with Crippen molar-refractivity contribution in [1.82, 2.24) is 24.6 Å². The highest BCUT2D eigenvalue weighted by Gasteiger charge is 2.25. The topological polar surface area (TPSA) is 54.3 Å². The zero-order valence-corrected chi connectivity index (χ0v) is 15.5. The van der Waals surface area contributed by atoms with Gasteiger partial charge in [0, 0.05) is 43.8 Å². The normalized spacial score (nSPS) is 15.5. The van der Waals surface area contributed by atoms with E-state index in [-0.39, 0.29) is 5.91 Å². The Labute approximate surface area is 159 Å². The molecule has 0 spiro atoms. The van der Waals surface area contributed by atoms with Gasteiger partial charge < -0.3 is 9.80 Å². The van der Waals surface area contributed by atoms with Crippen LogP contribution in [0.4, 0.5) is 0 Å². The van der Waals surface area contributed by atoms with E-state index in [4.69, 9.17) is 5.10 Å². The molecule has 6 heteroatoms. The van der Waals surface area contributed by atoms with Crippen molar-refractivity contribution in [2.24, 2.45) is 0 Å². The summed E-state index contributed by atoms with van der Waals surface area (Å²) in [5.41, 5.74) is 3.07. The van der Waals surface area contributed by atoms with Crippen molar-refractivity contribution < 1.29 is 4.79 Å². The minimum absolute atomic E-state index is 0.0336. The molecule has 3 heterocycles. The second-order valence-electron chi connectivity index (χ2n) is 6.86. The lowest BCUT2D eigenvalue weighted by atomic mass is 10.1. The molecule has 6 nitrogen and oxygen atoms in total. The Bertz CT molecular complexity index is 907. The van der Waals surface area contributed by atoms with Crippen LogP contribution < -0.4 is 0 Å². The summed E-state index contributed by atoms with van der Waals surface area (Å²) < 4.78 is 1.78. The third-order valence-electron chi connectivity index (χ3n) is 4.91. The van der Waals surface area contributed by atoms with E-state index in [0.29, 0.717) is 11.3 Å². The molecular formula is C21H23N5O. The van der Waals surface area contributed by atoms with Gasteiger partial charge in [-0.15, -0.1) is 0 Å². The Hall–Kier alpha value is -2.99. The Morgan fingerprint density at radius 2 is 1.85 bits per heavy atom. The van der Waals surface area contributed by atoms with Crippen LogP contribution in [0.5, 0.6) is 0 Å². The summed E-state index contributed by atoms with van der Waals surface area (Å²) in [5, 5.41) is 4.72. The highest BCUT2D eigenvalue weighted by molar-refractivity contribution is 5.99. The number of pyridine rings is 1. The minimum Gasteiger partial charge on any atom is -0.337 e. The molecule has 0 bridgehead atoms. The first kappa shape index (κ1) is 17.4. The van der Waals surface area contributed by atoms with Crippen molar-refractivity contribution in [3.8, 4) is 16.9 Å². The van der Waals surface area contributed by atoms with Crippen LogP contribution in [0.1, 0.15) is 16.8 Å². The molecule has 1 amide bonds. The lowest BCUT2D eigenvalue weighted by Crippen LogP contribution is -2.34. The number of carbonyl (C=O) groups excluding carboxylic acids is 1. The van der Waals surface area contributed by atoms with E-state index in [1.165, 1.54) is 0 Å². The second kappa shape index (κ2) is 7.72. The molecular weight excluding hydrogens is 338 g/mol. The van der Waals surface area contributed by atoms with Crippen LogP contribution in [0, 0.1) is 0 Å². The maximum absolute atomic E-state index is 13.3. The first-order valence-electron chi connectivity index (χ1n) is 9.26. The fourth-order valence-corrected chi connectivity index (χ4v) is 3.38. The largest absolute Gasteiger partial charge is 0.337 e. The van der Waals surface area contributed by atoms with Gasteiger partial charge >= 0.3 is 0 Å². The van der Waals surface area contributed by atoms with E-state index in [9.17, 15) is 4.79 Å². The average molecular weight is 361 g/mol. The lowest BCUT2D eigenvalue weighted by molar-refractivity contribution is 0.0763. The van der Waals surface area contributed by atoms with E-state index < -0.39 is 0 Å². The Kier molecular flexibility index (Phi) is 4.98.